The zero-order chi connectivity index (χ0) is 18.9. The van der Waals surface area contributed by atoms with Gasteiger partial charge in [0.1, 0.15) is 12.4 Å². The van der Waals surface area contributed by atoms with Crippen molar-refractivity contribution in [3.63, 3.8) is 0 Å². The van der Waals surface area contributed by atoms with Crippen LogP contribution in [0, 0.1) is 0 Å². The third-order valence-electron chi connectivity index (χ3n) is 4.34. The second-order valence-corrected chi connectivity index (χ2v) is 6.37. The van der Waals surface area contributed by atoms with Crippen molar-refractivity contribution in [3.05, 3.63) is 54.5 Å². The third-order valence-corrected chi connectivity index (χ3v) is 4.34. The highest BCUT2D eigenvalue weighted by Crippen LogP contribution is 2.20. The van der Waals surface area contributed by atoms with Crippen LogP contribution in [0.1, 0.15) is 18.6 Å². The van der Waals surface area contributed by atoms with E-state index < -0.39 is 0 Å². The highest BCUT2D eigenvalue weighted by atomic mass is 16.5. The molecule has 0 saturated carbocycles. The molecule has 1 amide bonds. The van der Waals surface area contributed by atoms with Gasteiger partial charge in [0, 0.05) is 38.9 Å². The molecule has 1 aromatic heterocycles. The minimum atomic E-state index is 0.0408. The van der Waals surface area contributed by atoms with Gasteiger partial charge in [-0.05, 0) is 30.7 Å². The van der Waals surface area contributed by atoms with E-state index in [9.17, 15) is 4.79 Å². The predicted molar refractivity (Wildman–Crippen MR) is 105 cm³/mol. The molecule has 3 rings (SSSR count). The van der Waals surface area contributed by atoms with Gasteiger partial charge in [0.15, 0.2) is 5.96 Å². The SMILES string of the molecule is CN=C(NCCCOCc1ccco1)NC1CC(=O)N(c2ccccc2)C1. The van der Waals surface area contributed by atoms with E-state index in [1.807, 2.05) is 47.4 Å². The first kappa shape index (κ1) is 19.0. The second-order valence-electron chi connectivity index (χ2n) is 6.37. The van der Waals surface area contributed by atoms with E-state index in [0.717, 1.165) is 24.4 Å². The Morgan fingerprint density at radius 1 is 1.30 bits per heavy atom. The number of carbonyl (C=O) groups is 1. The summed E-state index contributed by atoms with van der Waals surface area (Å²) in [5, 5.41) is 6.59. The smallest absolute Gasteiger partial charge is 0.229 e. The van der Waals surface area contributed by atoms with Gasteiger partial charge in [0.05, 0.1) is 12.3 Å². The Morgan fingerprint density at radius 3 is 2.89 bits per heavy atom. The molecule has 144 valence electrons. The maximum absolute atomic E-state index is 12.3. The fraction of sp³-hybridized carbons (Fsp3) is 0.400. The fourth-order valence-corrected chi connectivity index (χ4v) is 3.00. The number of aliphatic imine (C=N–C) groups is 1. The van der Waals surface area contributed by atoms with Crippen molar-refractivity contribution in [1.29, 1.82) is 0 Å². The number of hydrogen-bond acceptors (Lipinski definition) is 4. The maximum Gasteiger partial charge on any atom is 0.229 e. The van der Waals surface area contributed by atoms with E-state index in [4.69, 9.17) is 9.15 Å². The van der Waals surface area contributed by atoms with Gasteiger partial charge in [-0.2, -0.15) is 0 Å². The number of hydrogen-bond donors (Lipinski definition) is 2. The van der Waals surface area contributed by atoms with Crippen LogP contribution < -0.4 is 15.5 Å². The van der Waals surface area contributed by atoms with E-state index in [0.29, 0.717) is 32.1 Å². The summed E-state index contributed by atoms with van der Waals surface area (Å²) >= 11 is 0. The molecule has 2 N–H and O–H groups in total. The molecule has 0 spiro atoms. The number of carbonyl (C=O) groups excluding carboxylic acids is 1. The average Bonchev–Trinajstić information content (AvgIpc) is 3.33. The summed E-state index contributed by atoms with van der Waals surface area (Å²) < 4.78 is 10.8. The van der Waals surface area contributed by atoms with Crippen LogP contribution in [0.15, 0.2) is 58.1 Å². The molecule has 0 aliphatic carbocycles. The second kappa shape index (κ2) is 9.78. The summed E-state index contributed by atoms with van der Waals surface area (Å²) in [6.45, 7) is 2.49. The van der Waals surface area contributed by atoms with Crippen LogP contribution >= 0.6 is 0 Å². The normalized spacial score (nSPS) is 17.4. The van der Waals surface area contributed by atoms with Gasteiger partial charge in [-0.1, -0.05) is 18.2 Å². The zero-order valence-corrected chi connectivity index (χ0v) is 15.6. The van der Waals surface area contributed by atoms with Gasteiger partial charge >= 0.3 is 0 Å². The molecule has 27 heavy (non-hydrogen) atoms. The van der Waals surface area contributed by atoms with E-state index in [1.54, 1.807) is 13.3 Å². The lowest BCUT2D eigenvalue weighted by atomic mass is 10.2. The van der Waals surface area contributed by atoms with Gasteiger partial charge < -0.3 is 24.7 Å². The molecular formula is C20H26N4O3. The predicted octanol–water partition coefficient (Wildman–Crippen LogP) is 2.16. The van der Waals surface area contributed by atoms with Crippen molar-refractivity contribution in [2.24, 2.45) is 4.99 Å². The minimum Gasteiger partial charge on any atom is -0.467 e. The standard InChI is InChI=1S/C20H26N4O3/c1-21-20(22-10-6-11-26-15-18-9-5-12-27-18)23-16-13-19(25)24(14-16)17-7-3-2-4-8-17/h2-5,7-9,12,16H,6,10-11,13-15H2,1H3,(H2,21,22,23). The molecule has 1 fully saturated rings. The van der Waals surface area contributed by atoms with Gasteiger partial charge in [-0.3, -0.25) is 9.79 Å². The van der Waals surface area contributed by atoms with Crippen molar-refractivity contribution in [1.82, 2.24) is 10.6 Å². The Balaban J connectivity index is 1.36. The van der Waals surface area contributed by atoms with Crippen molar-refractivity contribution in [2.45, 2.75) is 25.5 Å². The molecular weight excluding hydrogens is 344 g/mol. The number of para-hydroxylation sites is 1. The highest BCUT2D eigenvalue weighted by molar-refractivity contribution is 5.97. The summed E-state index contributed by atoms with van der Waals surface area (Å²) in [6.07, 6.45) is 2.95. The topological polar surface area (TPSA) is 79.1 Å². The first-order valence-corrected chi connectivity index (χ1v) is 9.19. The van der Waals surface area contributed by atoms with E-state index in [-0.39, 0.29) is 11.9 Å². The van der Waals surface area contributed by atoms with E-state index in [2.05, 4.69) is 15.6 Å². The van der Waals surface area contributed by atoms with Gasteiger partial charge in [-0.15, -0.1) is 0 Å². The van der Waals surface area contributed by atoms with Gasteiger partial charge in [-0.25, -0.2) is 0 Å². The Morgan fingerprint density at radius 2 is 2.15 bits per heavy atom. The Labute approximate surface area is 159 Å². The molecule has 1 aromatic carbocycles. The van der Waals surface area contributed by atoms with Crippen molar-refractivity contribution in [3.8, 4) is 0 Å². The molecule has 1 aliphatic heterocycles. The largest absolute Gasteiger partial charge is 0.467 e. The Hall–Kier alpha value is -2.80. The van der Waals surface area contributed by atoms with Crippen LogP contribution in [-0.2, 0) is 16.1 Å². The molecule has 1 aliphatic rings. The first-order valence-electron chi connectivity index (χ1n) is 9.19. The lowest BCUT2D eigenvalue weighted by molar-refractivity contribution is -0.117. The molecule has 1 saturated heterocycles. The number of anilines is 1. The minimum absolute atomic E-state index is 0.0408. The van der Waals surface area contributed by atoms with Crippen LogP contribution in [-0.4, -0.2) is 44.7 Å². The Bertz CT molecular complexity index is 731. The lowest BCUT2D eigenvalue weighted by Crippen LogP contribution is -2.45. The summed E-state index contributed by atoms with van der Waals surface area (Å²) in [5.41, 5.74) is 0.934. The first-order chi connectivity index (χ1) is 13.3. The summed E-state index contributed by atoms with van der Waals surface area (Å²) in [4.78, 5) is 18.3. The number of furan rings is 1. The molecule has 0 bridgehead atoms. The number of nitrogens with zero attached hydrogens (tertiary/aromatic N) is 2. The molecule has 2 heterocycles. The van der Waals surface area contributed by atoms with Crippen LogP contribution in [0.3, 0.4) is 0 Å². The number of amides is 1. The van der Waals surface area contributed by atoms with Crippen LogP contribution in [0.25, 0.3) is 0 Å². The molecule has 1 atom stereocenters. The number of nitrogens with one attached hydrogen (secondary N) is 2. The van der Waals surface area contributed by atoms with Crippen LogP contribution in [0.4, 0.5) is 5.69 Å². The van der Waals surface area contributed by atoms with Gasteiger partial charge in [0.25, 0.3) is 0 Å². The van der Waals surface area contributed by atoms with Crippen LogP contribution in [0.5, 0.6) is 0 Å². The van der Waals surface area contributed by atoms with Gasteiger partial charge in [0.2, 0.25) is 5.91 Å². The fourth-order valence-electron chi connectivity index (χ4n) is 3.00. The van der Waals surface area contributed by atoms with E-state index >= 15 is 0 Å². The summed E-state index contributed by atoms with van der Waals surface area (Å²) in [6, 6.07) is 13.5. The molecule has 7 heteroatoms. The maximum atomic E-state index is 12.3. The average molecular weight is 370 g/mol. The molecule has 2 aromatic rings. The number of ether oxygens (including phenoxy) is 1. The van der Waals surface area contributed by atoms with Crippen LogP contribution in [0.2, 0.25) is 0 Å². The Kier molecular flexibility index (Phi) is 6.87. The quantitative estimate of drug-likeness (QED) is 0.423. The molecule has 0 radical (unpaired) electrons. The zero-order valence-electron chi connectivity index (χ0n) is 15.6. The lowest BCUT2D eigenvalue weighted by Gasteiger charge is -2.19. The molecule has 7 nitrogen and oxygen atoms in total. The van der Waals surface area contributed by atoms with E-state index in [1.165, 1.54) is 0 Å². The summed E-state index contributed by atoms with van der Waals surface area (Å²) in [7, 11) is 1.73. The number of benzene rings is 1. The molecule has 1 unspecified atom stereocenters. The van der Waals surface area contributed by atoms with Crippen molar-refractivity contribution >= 4 is 17.6 Å². The van der Waals surface area contributed by atoms with Crippen molar-refractivity contribution in [2.75, 3.05) is 31.6 Å². The monoisotopic (exact) mass is 370 g/mol. The number of guanidine groups is 1. The number of rotatable bonds is 8. The summed E-state index contributed by atoms with van der Waals surface area (Å²) in [5.74, 6) is 1.66. The van der Waals surface area contributed by atoms with Crippen molar-refractivity contribution < 1.29 is 13.9 Å². The third kappa shape index (κ3) is 5.59. The highest BCUT2D eigenvalue weighted by Gasteiger charge is 2.30.